The Morgan fingerprint density at radius 1 is 1.18 bits per heavy atom. The molecule has 0 radical (unpaired) electrons. The smallest absolute Gasteiger partial charge is 0.0191 e. The van der Waals surface area contributed by atoms with Crippen LogP contribution < -0.4 is 5.32 Å². The maximum Gasteiger partial charge on any atom is 0.0191 e. The molecule has 0 amide bonds. The third-order valence-electron chi connectivity index (χ3n) is 3.18. The van der Waals surface area contributed by atoms with Crippen LogP contribution in [0.3, 0.4) is 0 Å². The molecule has 0 aliphatic carbocycles. The van der Waals surface area contributed by atoms with Crippen LogP contribution in [0.2, 0.25) is 0 Å². The summed E-state index contributed by atoms with van der Waals surface area (Å²) in [5.74, 6) is 0. The van der Waals surface area contributed by atoms with Gasteiger partial charge in [-0.05, 0) is 50.5 Å². The quantitative estimate of drug-likeness (QED) is 0.762. The zero-order valence-electron chi connectivity index (χ0n) is 11.7. The molecule has 96 valence electrons. The van der Waals surface area contributed by atoms with Crippen LogP contribution >= 0.6 is 11.8 Å². The van der Waals surface area contributed by atoms with Crippen LogP contribution in [0.5, 0.6) is 0 Å². The largest absolute Gasteiger partial charge is 0.313 e. The molecule has 0 aliphatic heterocycles. The maximum atomic E-state index is 3.56. The van der Waals surface area contributed by atoms with Gasteiger partial charge in [-0.3, -0.25) is 0 Å². The molecule has 1 rings (SSSR count). The molecule has 1 aromatic carbocycles. The predicted molar refractivity (Wildman–Crippen MR) is 79.0 cm³/mol. The third kappa shape index (κ3) is 5.13. The average molecular weight is 251 g/mol. The Balaban J connectivity index is 2.44. The number of hydrogen-bond donors (Lipinski definition) is 1. The van der Waals surface area contributed by atoms with Crippen LogP contribution in [0.25, 0.3) is 0 Å². The molecule has 0 aliphatic rings. The summed E-state index contributed by atoms with van der Waals surface area (Å²) >= 11 is 1.96. The number of thioether (sulfide) groups is 1. The number of aryl methyl sites for hydroxylation is 2. The first kappa shape index (κ1) is 14.6. The topological polar surface area (TPSA) is 12.0 Å². The van der Waals surface area contributed by atoms with Gasteiger partial charge in [0.2, 0.25) is 0 Å². The van der Waals surface area contributed by atoms with Gasteiger partial charge in [0, 0.05) is 22.7 Å². The molecule has 0 heterocycles. The van der Waals surface area contributed by atoms with Crippen molar-refractivity contribution < 1.29 is 0 Å². The second-order valence-corrected chi connectivity index (χ2v) is 6.40. The second-order valence-electron chi connectivity index (χ2n) is 4.89. The molecule has 0 spiro atoms. The van der Waals surface area contributed by atoms with Crippen molar-refractivity contribution in [1.29, 1.82) is 0 Å². The van der Waals surface area contributed by atoms with Gasteiger partial charge in [-0.15, -0.1) is 11.8 Å². The molecule has 0 saturated heterocycles. The van der Waals surface area contributed by atoms with Gasteiger partial charge >= 0.3 is 0 Å². The highest BCUT2D eigenvalue weighted by Crippen LogP contribution is 2.24. The summed E-state index contributed by atoms with van der Waals surface area (Å²) < 4.78 is 0. The van der Waals surface area contributed by atoms with Crippen molar-refractivity contribution in [2.75, 3.05) is 6.54 Å². The van der Waals surface area contributed by atoms with Crippen LogP contribution in [0, 0.1) is 13.8 Å². The molecule has 2 atom stereocenters. The standard InChI is InChI=1S/C15H25NS/c1-6-13(4)16-10-14(5)17-15-8-7-11(2)12(3)9-15/h7-9,13-14,16H,6,10H2,1-5H3. The van der Waals surface area contributed by atoms with Crippen molar-refractivity contribution in [3.8, 4) is 0 Å². The Hall–Kier alpha value is -0.470. The molecular formula is C15H25NS. The lowest BCUT2D eigenvalue weighted by Crippen LogP contribution is -2.30. The van der Waals surface area contributed by atoms with E-state index >= 15 is 0 Å². The number of benzene rings is 1. The van der Waals surface area contributed by atoms with Crippen LogP contribution in [0.4, 0.5) is 0 Å². The van der Waals surface area contributed by atoms with Gasteiger partial charge in [-0.25, -0.2) is 0 Å². The van der Waals surface area contributed by atoms with E-state index in [0.717, 1.165) is 6.54 Å². The van der Waals surface area contributed by atoms with Crippen LogP contribution in [0.15, 0.2) is 23.1 Å². The van der Waals surface area contributed by atoms with E-state index in [1.807, 2.05) is 11.8 Å². The van der Waals surface area contributed by atoms with Crippen LogP contribution in [-0.4, -0.2) is 17.8 Å². The zero-order valence-corrected chi connectivity index (χ0v) is 12.5. The van der Waals surface area contributed by atoms with Gasteiger partial charge < -0.3 is 5.32 Å². The molecule has 1 N–H and O–H groups in total. The minimum Gasteiger partial charge on any atom is -0.313 e. The summed E-state index contributed by atoms with van der Waals surface area (Å²) in [5, 5.41) is 4.17. The van der Waals surface area contributed by atoms with E-state index < -0.39 is 0 Å². The molecule has 0 bridgehead atoms. The van der Waals surface area contributed by atoms with Crippen molar-refractivity contribution in [1.82, 2.24) is 5.32 Å². The number of rotatable bonds is 6. The second kappa shape index (κ2) is 7.07. The minimum atomic E-state index is 0.617. The molecule has 1 nitrogen and oxygen atoms in total. The summed E-state index contributed by atoms with van der Waals surface area (Å²) in [5.41, 5.74) is 2.76. The lowest BCUT2D eigenvalue weighted by atomic mass is 10.1. The van der Waals surface area contributed by atoms with E-state index in [2.05, 4.69) is 58.1 Å². The fraction of sp³-hybridized carbons (Fsp3) is 0.600. The van der Waals surface area contributed by atoms with E-state index in [9.17, 15) is 0 Å². The molecule has 2 heteroatoms. The van der Waals surface area contributed by atoms with Gasteiger partial charge in [-0.2, -0.15) is 0 Å². The SMILES string of the molecule is CCC(C)NCC(C)Sc1ccc(C)c(C)c1. The van der Waals surface area contributed by atoms with Crippen LogP contribution in [0.1, 0.15) is 38.3 Å². The Kier molecular flexibility index (Phi) is 6.07. The third-order valence-corrected chi connectivity index (χ3v) is 4.28. The number of hydrogen-bond acceptors (Lipinski definition) is 2. The van der Waals surface area contributed by atoms with Gasteiger partial charge in [-0.1, -0.05) is 19.9 Å². The van der Waals surface area contributed by atoms with Gasteiger partial charge in [0.25, 0.3) is 0 Å². The first-order chi connectivity index (χ1) is 8.02. The maximum absolute atomic E-state index is 3.56. The molecule has 17 heavy (non-hydrogen) atoms. The predicted octanol–water partition coefficient (Wildman–Crippen LogP) is 4.17. The normalized spacial score (nSPS) is 14.6. The fourth-order valence-corrected chi connectivity index (χ4v) is 2.61. The molecule has 1 aromatic rings. The molecule has 2 unspecified atom stereocenters. The number of nitrogens with one attached hydrogen (secondary N) is 1. The lowest BCUT2D eigenvalue weighted by molar-refractivity contribution is 0.537. The first-order valence-electron chi connectivity index (χ1n) is 6.50. The van der Waals surface area contributed by atoms with E-state index in [1.165, 1.54) is 22.4 Å². The highest BCUT2D eigenvalue weighted by molar-refractivity contribution is 8.00. The highest BCUT2D eigenvalue weighted by Gasteiger charge is 2.06. The van der Waals surface area contributed by atoms with Crippen molar-refractivity contribution in [2.45, 2.75) is 57.2 Å². The molecular weight excluding hydrogens is 226 g/mol. The van der Waals surface area contributed by atoms with Crippen molar-refractivity contribution in [3.63, 3.8) is 0 Å². The van der Waals surface area contributed by atoms with Crippen molar-refractivity contribution >= 4 is 11.8 Å². The molecule has 0 aromatic heterocycles. The molecule has 0 saturated carbocycles. The van der Waals surface area contributed by atoms with Gasteiger partial charge in [0.1, 0.15) is 0 Å². The minimum absolute atomic E-state index is 0.617. The summed E-state index contributed by atoms with van der Waals surface area (Å²) in [4.78, 5) is 1.38. The zero-order chi connectivity index (χ0) is 12.8. The first-order valence-corrected chi connectivity index (χ1v) is 7.38. The average Bonchev–Trinajstić information content (AvgIpc) is 2.31. The Morgan fingerprint density at radius 3 is 2.47 bits per heavy atom. The van der Waals surface area contributed by atoms with Gasteiger partial charge in [0.15, 0.2) is 0 Å². The Morgan fingerprint density at radius 2 is 1.88 bits per heavy atom. The van der Waals surface area contributed by atoms with E-state index in [0.29, 0.717) is 11.3 Å². The summed E-state index contributed by atoms with van der Waals surface area (Å²) in [7, 11) is 0. The van der Waals surface area contributed by atoms with Gasteiger partial charge in [0.05, 0.1) is 0 Å². The van der Waals surface area contributed by atoms with Crippen molar-refractivity contribution in [2.24, 2.45) is 0 Å². The Bertz CT molecular complexity index is 349. The Labute approximate surface area is 110 Å². The summed E-state index contributed by atoms with van der Waals surface area (Å²) in [6.07, 6.45) is 1.20. The molecule has 0 fully saturated rings. The summed E-state index contributed by atoms with van der Waals surface area (Å²) in [6, 6.07) is 7.36. The van der Waals surface area contributed by atoms with Crippen molar-refractivity contribution in [3.05, 3.63) is 29.3 Å². The van der Waals surface area contributed by atoms with E-state index in [-0.39, 0.29) is 0 Å². The fourth-order valence-electron chi connectivity index (χ4n) is 1.57. The monoisotopic (exact) mass is 251 g/mol. The van der Waals surface area contributed by atoms with Crippen LogP contribution in [-0.2, 0) is 0 Å². The lowest BCUT2D eigenvalue weighted by Gasteiger charge is -2.16. The van der Waals surface area contributed by atoms with E-state index in [1.54, 1.807) is 0 Å². The summed E-state index contributed by atoms with van der Waals surface area (Å²) in [6.45, 7) is 12.2. The van der Waals surface area contributed by atoms with E-state index in [4.69, 9.17) is 0 Å². The highest BCUT2D eigenvalue weighted by atomic mass is 32.2.